The van der Waals surface area contributed by atoms with Gasteiger partial charge in [-0.25, -0.2) is 4.79 Å². The van der Waals surface area contributed by atoms with Gasteiger partial charge in [-0.15, -0.1) is 10.1 Å². The lowest BCUT2D eigenvalue weighted by Gasteiger charge is -2.27. The molecule has 2 aliphatic rings. The van der Waals surface area contributed by atoms with Crippen LogP contribution in [0.5, 0.6) is 5.75 Å². The summed E-state index contributed by atoms with van der Waals surface area (Å²) < 4.78 is 11.6. The number of ether oxygens (including phenoxy) is 2. The summed E-state index contributed by atoms with van der Waals surface area (Å²) in [5.74, 6) is -0.724. The maximum absolute atomic E-state index is 13.0. The van der Waals surface area contributed by atoms with Crippen molar-refractivity contribution in [2.24, 2.45) is 5.92 Å². The van der Waals surface area contributed by atoms with E-state index in [2.05, 4.69) is 4.98 Å². The van der Waals surface area contributed by atoms with E-state index < -0.39 is 17.2 Å². The van der Waals surface area contributed by atoms with Gasteiger partial charge in [-0.2, -0.15) is 0 Å². The minimum absolute atomic E-state index is 0.235. The van der Waals surface area contributed by atoms with Gasteiger partial charge in [0.05, 0.1) is 12.3 Å². The Bertz CT molecular complexity index is 975. The molecule has 0 radical (unpaired) electrons. The number of halogens is 1. The van der Waals surface area contributed by atoms with E-state index in [1.54, 1.807) is 25.3 Å². The molecule has 1 aliphatic carbocycles. The van der Waals surface area contributed by atoms with Crippen molar-refractivity contribution < 1.29 is 24.2 Å². The van der Waals surface area contributed by atoms with Crippen LogP contribution in [0, 0.1) is 23.0 Å². The van der Waals surface area contributed by atoms with Crippen LogP contribution in [-0.2, 0) is 21.0 Å². The third-order valence-electron chi connectivity index (χ3n) is 5.91. The fraction of sp³-hybridized carbons (Fsp3) is 0.455. The van der Waals surface area contributed by atoms with Crippen LogP contribution in [0.1, 0.15) is 60.6 Å². The van der Waals surface area contributed by atoms with Crippen molar-refractivity contribution in [2.75, 3.05) is 0 Å². The second kappa shape index (κ2) is 9.20. The van der Waals surface area contributed by atoms with Crippen LogP contribution in [-0.4, -0.2) is 22.1 Å². The van der Waals surface area contributed by atoms with Crippen LogP contribution in [0.2, 0.25) is 5.02 Å². The van der Waals surface area contributed by atoms with Crippen molar-refractivity contribution in [1.29, 1.82) is 0 Å². The number of fused-ring (bicyclic) bond motifs is 1. The molecule has 0 spiro atoms. The molecule has 1 aromatic heterocycles. The number of hydrogen-bond acceptors (Lipinski definition) is 7. The lowest BCUT2D eigenvalue weighted by Crippen LogP contribution is -2.38. The molecule has 1 aliphatic heterocycles. The van der Waals surface area contributed by atoms with Gasteiger partial charge >= 0.3 is 5.97 Å². The van der Waals surface area contributed by atoms with Crippen LogP contribution in [0.3, 0.4) is 0 Å². The van der Waals surface area contributed by atoms with Gasteiger partial charge in [-0.05, 0) is 43.4 Å². The standard InChI is InChI=1S/C22H23ClN2O6/c1-13-19(30-22(26)21(31-25(27)28)14-5-3-2-4-6-14)18-12-29-20(17(18)11-24-13)15-7-9-16(23)10-8-15/h7-11,14,20-21H,2-6,12H2,1H3. The summed E-state index contributed by atoms with van der Waals surface area (Å²) in [6.45, 7) is 1.96. The van der Waals surface area contributed by atoms with Crippen LogP contribution in [0.4, 0.5) is 0 Å². The first-order valence-corrected chi connectivity index (χ1v) is 10.7. The summed E-state index contributed by atoms with van der Waals surface area (Å²) in [7, 11) is 0. The van der Waals surface area contributed by atoms with Gasteiger partial charge in [0.25, 0.3) is 5.09 Å². The first kappa shape index (κ1) is 21.5. The van der Waals surface area contributed by atoms with Gasteiger partial charge in [0, 0.05) is 22.3 Å². The molecular weight excluding hydrogens is 424 g/mol. The van der Waals surface area contributed by atoms with Crippen molar-refractivity contribution in [3.8, 4) is 5.75 Å². The quantitative estimate of drug-likeness (QED) is 0.359. The lowest BCUT2D eigenvalue weighted by atomic mass is 9.85. The largest absolute Gasteiger partial charge is 0.423 e. The SMILES string of the molecule is Cc1ncc2c(c1OC(=O)C(O[N+](=O)[O-])C1CCCCC1)COC2c1ccc(Cl)cc1. The zero-order valence-electron chi connectivity index (χ0n) is 17.1. The number of benzene rings is 1. The summed E-state index contributed by atoms with van der Waals surface area (Å²) >= 11 is 5.98. The van der Waals surface area contributed by atoms with Crippen LogP contribution in [0.15, 0.2) is 30.5 Å². The van der Waals surface area contributed by atoms with E-state index in [4.69, 9.17) is 25.9 Å². The average molecular weight is 447 g/mol. The molecule has 2 aromatic rings. The van der Waals surface area contributed by atoms with Crippen molar-refractivity contribution in [3.05, 3.63) is 68.0 Å². The minimum atomic E-state index is -1.25. The molecule has 2 heterocycles. The minimum Gasteiger partial charge on any atom is -0.423 e. The third-order valence-corrected chi connectivity index (χ3v) is 6.16. The molecule has 1 aromatic carbocycles. The maximum Gasteiger partial charge on any atom is 0.341 e. The number of pyridine rings is 1. The number of nitrogens with zero attached hydrogens (tertiary/aromatic N) is 2. The Labute approximate surface area is 184 Å². The molecule has 0 saturated heterocycles. The molecule has 1 fully saturated rings. The summed E-state index contributed by atoms with van der Waals surface area (Å²) in [5, 5.41) is 10.7. The Morgan fingerprint density at radius 3 is 2.65 bits per heavy atom. The second-order valence-electron chi connectivity index (χ2n) is 7.92. The number of hydrogen-bond donors (Lipinski definition) is 0. The van der Waals surface area contributed by atoms with Crippen LogP contribution < -0.4 is 4.74 Å². The van der Waals surface area contributed by atoms with E-state index in [0.717, 1.165) is 30.4 Å². The number of aromatic nitrogens is 1. The molecule has 0 bridgehead atoms. The highest BCUT2D eigenvalue weighted by Crippen LogP contribution is 2.41. The molecule has 2 atom stereocenters. The molecule has 31 heavy (non-hydrogen) atoms. The van der Waals surface area contributed by atoms with Gasteiger partial charge in [-0.1, -0.05) is 43.0 Å². The zero-order chi connectivity index (χ0) is 22.0. The van der Waals surface area contributed by atoms with Crippen molar-refractivity contribution >= 4 is 17.6 Å². The van der Waals surface area contributed by atoms with Gasteiger partial charge in [0.2, 0.25) is 6.10 Å². The zero-order valence-corrected chi connectivity index (χ0v) is 17.8. The smallest absolute Gasteiger partial charge is 0.341 e. The van der Waals surface area contributed by atoms with Crippen LogP contribution >= 0.6 is 11.6 Å². The third kappa shape index (κ3) is 4.65. The predicted octanol–water partition coefficient (Wildman–Crippen LogP) is 4.73. The highest BCUT2D eigenvalue weighted by Gasteiger charge is 2.36. The topological polar surface area (TPSA) is 101 Å². The number of esters is 1. The molecule has 0 amide bonds. The first-order chi connectivity index (χ1) is 14.9. The van der Waals surface area contributed by atoms with E-state index in [1.807, 2.05) is 12.1 Å². The van der Waals surface area contributed by atoms with E-state index in [0.29, 0.717) is 29.1 Å². The van der Waals surface area contributed by atoms with Gasteiger partial charge < -0.3 is 9.47 Å². The number of carbonyl (C=O) groups excluding carboxylic acids is 1. The van der Waals surface area contributed by atoms with E-state index in [-0.39, 0.29) is 24.4 Å². The molecule has 8 nitrogen and oxygen atoms in total. The Hall–Kier alpha value is -2.71. The maximum atomic E-state index is 13.0. The molecule has 164 valence electrons. The molecule has 4 rings (SSSR count). The Morgan fingerprint density at radius 1 is 1.26 bits per heavy atom. The number of aryl methyl sites for hydroxylation is 1. The highest BCUT2D eigenvalue weighted by atomic mass is 35.5. The lowest BCUT2D eigenvalue weighted by molar-refractivity contribution is -0.766. The molecule has 0 N–H and O–H groups in total. The summed E-state index contributed by atoms with van der Waals surface area (Å²) in [5.41, 5.74) is 2.92. The van der Waals surface area contributed by atoms with Gasteiger partial charge in [0.15, 0.2) is 5.75 Å². The average Bonchev–Trinajstić information content (AvgIpc) is 3.19. The monoisotopic (exact) mass is 446 g/mol. The van der Waals surface area contributed by atoms with E-state index in [1.165, 1.54) is 0 Å². The first-order valence-electron chi connectivity index (χ1n) is 10.3. The van der Waals surface area contributed by atoms with Crippen molar-refractivity contribution in [2.45, 2.75) is 57.8 Å². The Morgan fingerprint density at radius 2 is 1.97 bits per heavy atom. The van der Waals surface area contributed by atoms with Crippen LogP contribution in [0.25, 0.3) is 0 Å². The predicted molar refractivity (Wildman–Crippen MR) is 111 cm³/mol. The number of carbonyl (C=O) groups is 1. The summed E-state index contributed by atoms with van der Waals surface area (Å²) in [4.78, 5) is 33.1. The Balaban J connectivity index is 1.60. The van der Waals surface area contributed by atoms with E-state index in [9.17, 15) is 14.9 Å². The molecule has 9 heteroatoms. The highest BCUT2D eigenvalue weighted by molar-refractivity contribution is 6.30. The summed E-state index contributed by atoms with van der Waals surface area (Å²) in [6.07, 6.45) is 4.36. The Kier molecular flexibility index (Phi) is 6.38. The molecular formula is C22H23ClN2O6. The fourth-order valence-corrected chi connectivity index (χ4v) is 4.47. The summed E-state index contributed by atoms with van der Waals surface area (Å²) in [6, 6.07) is 7.31. The second-order valence-corrected chi connectivity index (χ2v) is 8.35. The number of rotatable bonds is 6. The van der Waals surface area contributed by atoms with Crippen molar-refractivity contribution in [3.63, 3.8) is 0 Å². The van der Waals surface area contributed by atoms with Gasteiger partial charge in [-0.3, -0.25) is 9.82 Å². The van der Waals surface area contributed by atoms with E-state index >= 15 is 0 Å². The molecule has 2 unspecified atom stereocenters. The fourth-order valence-electron chi connectivity index (χ4n) is 4.34. The van der Waals surface area contributed by atoms with Gasteiger partial charge in [0.1, 0.15) is 6.10 Å². The van der Waals surface area contributed by atoms with Crippen molar-refractivity contribution in [1.82, 2.24) is 4.98 Å². The molecule has 1 saturated carbocycles. The normalized spacial score (nSPS) is 19.5.